The minimum absolute atomic E-state index is 0.0591. The Morgan fingerprint density at radius 1 is 1.29 bits per heavy atom. The van der Waals surface area contributed by atoms with E-state index in [1.807, 2.05) is 37.4 Å². The van der Waals surface area contributed by atoms with Gasteiger partial charge in [0.15, 0.2) is 0 Å². The molecule has 0 bridgehead atoms. The SMILES string of the molecule is COc1ccc(Br)cc1CN(C)CCC(=O)Nc1ccccc1Cl. The number of benzene rings is 2. The molecular formula is C18H20BrClN2O2. The van der Waals surface area contributed by atoms with Crippen LogP contribution in [0.3, 0.4) is 0 Å². The topological polar surface area (TPSA) is 41.6 Å². The van der Waals surface area contributed by atoms with Crippen molar-refractivity contribution in [1.29, 1.82) is 0 Å². The normalized spacial score (nSPS) is 10.7. The molecule has 0 unspecified atom stereocenters. The lowest BCUT2D eigenvalue weighted by Crippen LogP contribution is -2.24. The zero-order chi connectivity index (χ0) is 17.5. The Balaban J connectivity index is 1.87. The molecule has 2 aromatic rings. The summed E-state index contributed by atoms with van der Waals surface area (Å²) in [5, 5.41) is 3.37. The van der Waals surface area contributed by atoms with Gasteiger partial charge in [0, 0.05) is 29.5 Å². The fraction of sp³-hybridized carbons (Fsp3) is 0.278. The molecule has 0 saturated heterocycles. The number of hydrogen-bond acceptors (Lipinski definition) is 3. The van der Waals surface area contributed by atoms with Gasteiger partial charge < -0.3 is 15.0 Å². The molecule has 6 heteroatoms. The summed E-state index contributed by atoms with van der Waals surface area (Å²) >= 11 is 9.51. The Kier molecular flexibility index (Phi) is 7.09. The minimum atomic E-state index is -0.0591. The van der Waals surface area contributed by atoms with E-state index < -0.39 is 0 Å². The van der Waals surface area contributed by atoms with Crippen molar-refractivity contribution < 1.29 is 9.53 Å². The van der Waals surface area contributed by atoms with E-state index in [1.54, 1.807) is 19.2 Å². The summed E-state index contributed by atoms with van der Waals surface area (Å²) < 4.78 is 6.38. The Labute approximate surface area is 155 Å². The highest BCUT2D eigenvalue weighted by atomic mass is 79.9. The number of rotatable bonds is 7. The number of nitrogens with zero attached hydrogens (tertiary/aromatic N) is 1. The minimum Gasteiger partial charge on any atom is -0.496 e. The van der Waals surface area contributed by atoms with Gasteiger partial charge in [0.25, 0.3) is 0 Å². The van der Waals surface area contributed by atoms with E-state index in [0.717, 1.165) is 15.8 Å². The third kappa shape index (κ3) is 5.51. The van der Waals surface area contributed by atoms with Crippen LogP contribution in [0.15, 0.2) is 46.9 Å². The second kappa shape index (κ2) is 9.06. The van der Waals surface area contributed by atoms with Crippen LogP contribution in [-0.4, -0.2) is 31.5 Å². The first kappa shape index (κ1) is 18.8. The van der Waals surface area contributed by atoms with Gasteiger partial charge in [-0.05, 0) is 37.4 Å². The number of carbonyl (C=O) groups excluding carboxylic acids is 1. The van der Waals surface area contributed by atoms with Crippen molar-refractivity contribution in [2.75, 3.05) is 26.0 Å². The second-order valence-electron chi connectivity index (χ2n) is 5.47. The third-order valence-electron chi connectivity index (χ3n) is 3.55. The van der Waals surface area contributed by atoms with Gasteiger partial charge in [0.1, 0.15) is 5.75 Å². The van der Waals surface area contributed by atoms with Crippen LogP contribution in [0.4, 0.5) is 5.69 Å². The molecule has 0 saturated carbocycles. The number of ether oxygens (including phenoxy) is 1. The predicted octanol–water partition coefficient (Wildman–Crippen LogP) is 4.57. The molecule has 0 aliphatic heterocycles. The molecule has 0 aliphatic carbocycles. The molecule has 0 radical (unpaired) electrons. The number of halogens is 2. The Hall–Kier alpha value is -1.56. The van der Waals surface area contributed by atoms with E-state index >= 15 is 0 Å². The summed E-state index contributed by atoms with van der Waals surface area (Å²) in [6.45, 7) is 1.33. The summed E-state index contributed by atoms with van der Waals surface area (Å²) in [5.41, 5.74) is 1.71. The standard InChI is InChI=1S/C18H20BrClN2O2/c1-22(12-13-11-14(19)7-8-17(13)24-2)10-9-18(23)21-16-6-4-3-5-15(16)20/h3-8,11H,9-10,12H2,1-2H3,(H,21,23). The highest BCUT2D eigenvalue weighted by Crippen LogP contribution is 2.24. The zero-order valence-corrected chi connectivity index (χ0v) is 16.0. The van der Waals surface area contributed by atoms with Gasteiger partial charge in [-0.15, -0.1) is 0 Å². The molecule has 1 N–H and O–H groups in total. The summed E-state index contributed by atoms with van der Waals surface area (Å²) in [5.74, 6) is 0.779. The molecule has 4 nitrogen and oxygen atoms in total. The average Bonchev–Trinajstić information content (AvgIpc) is 2.55. The van der Waals surface area contributed by atoms with Gasteiger partial charge in [-0.3, -0.25) is 4.79 Å². The first-order chi connectivity index (χ1) is 11.5. The van der Waals surface area contributed by atoms with E-state index in [4.69, 9.17) is 16.3 Å². The highest BCUT2D eigenvalue weighted by molar-refractivity contribution is 9.10. The molecular weight excluding hydrogens is 392 g/mol. The molecule has 2 rings (SSSR count). The van der Waals surface area contributed by atoms with Crippen molar-refractivity contribution in [2.45, 2.75) is 13.0 Å². The van der Waals surface area contributed by atoms with E-state index in [0.29, 0.717) is 30.2 Å². The molecule has 1 amide bonds. The molecule has 2 aromatic carbocycles. The molecule has 128 valence electrons. The quantitative estimate of drug-likeness (QED) is 0.725. The smallest absolute Gasteiger partial charge is 0.225 e. The fourth-order valence-corrected chi connectivity index (χ4v) is 2.90. The van der Waals surface area contributed by atoms with E-state index in [-0.39, 0.29) is 5.91 Å². The maximum Gasteiger partial charge on any atom is 0.225 e. The van der Waals surface area contributed by atoms with Gasteiger partial charge in [-0.1, -0.05) is 39.7 Å². The lowest BCUT2D eigenvalue weighted by atomic mass is 10.2. The molecule has 0 aliphatic rings. The number of para-hydroxylation sites is 1. The van der Waals surface area contributed by atoms with E-state index in [1.165, 1.54) is 0 Å². The number of hydrogen-bond donors (Lipinski definition) is 1. The average molecular weight is 412 g/mol. The molecule has 0 atom stereocenters. The molecule has 0 aromatic heterocycles. The maximum atomic E-state index is 12.1. The van der Waals surface area contributed by atoms with Crippen molar-refractivity contribution in [3.05, 3.63) is 57.5 Å². The highest BCUT2D eigenvalue weighted by Gasteiger charge is 2.10. The largest absolute Gasteiger partial charge is 0.496 e. The van der Waals surface area contributed by atoms with E-state index in [2.05, 4.69) is 26.1 Å². The van der Waals surface area contributed by atoms with Gasteiger partial charge >= 0.3 is 0 Å². The van der Waals surface area contributed by atoms with Crippen LogP contribution < -0.4 is 10.1 Å². The fourth-order valence-electron chi connectivity index (χ4n) is 2.31. The van der Waals surface area contributed by atoms with E-state index in [9.17, 15) is 4.79 Å². The van der Waals surface area contributed by atoms with Crippen molar-refractivity contribution in [1.82, 2.24) is 4.90 Å². The summed E-state index contributed by atoms with van der Waals surface area (Å²) in [7, 11) is 3.63. The molecule has 0 spiro atoms. The zero-order valence-electron chi connectivity index (χ0n) is 13.7. The van der Waals surface area contributed by atoms with Crippen molar-refractivity contribution >= 4 is 39.1 Å². The van der Waals surface area contributed by atoms with Crippen LogP contribution in [0.2, 0.25) is 5.02 Å². The summed E-state index contributed by atoms with van der Waals surface area (Å²) in [6.07, 6.45) is 0.387. The number of methoxy groups -OCH3 is 1. The van der Waals surface area contributed by atoms with Crippen LogP contribution >= 0.6 is 27.5 Å². The first-order valence-corrected chi connectivity index (χ1v) is 8.72. The summed E-state index contributed by atoms with van der Waals surface area (Å²) in [6, 6.07) is 13.1. The van der Waals surface area contributed by atoms with Crippen LogP contribution in [0.5, 0.6) is 5.75 Å². The lowest BCUT2D eigenvalue weighted by Gasteiger charge is -2.18. The monoisotopic (exact) mass is 410 g/mol. The van der Waals surface area contributed by atoms with Gasteiger partial charge in [0.2, 0.25) is 5.91 Å². The third-order valence-corrected chi connectivity index (χ3v) is 4.37. The van der Waals surface area contributed by atoms with Crippen molar-refractivity contribution in [3.8, 4) is 5.75 Å². The molecule has 24 heavy (non-hydrogen) atoms. The van der Waals surface area contributed by atoms with Gasteiger partial charge in [0.05, 0.1) is 17.8 Å². The van der Waals surface area contributed by atoms with Gasteiger partial charge in [-0.25, -0.2) is 0 Å². The molecule has 0 heterocycles. The van der Waals surface area contributed by atoms with Crippen molar-refractivity contribution in [3.63, 3.8) is 0 Å². The van der Waals surface area contributed by atoms with Crippen LogP contribution in [0, 0.1) is 0 Å². The number of nitrogens with one attached hydrogen (secondary N) is 1. The second-order valence-corrected chi connectivity index (χ2v) is 6.79. The van der Waals surface area contributed by atoms with Crippen LogP contribution in [0.25, 0.3) is 0 Å². The molecule has 0 fully saturated rings. The van der Waals surface area contributed by atoms with Crippen LogP contribution in [-0.2, 0) is 11.3 Å². The lowest BCUT2D eigenvalue weighted by molar-refractivity contribution is -0.116. The van der Waals surface area contributed by atoms with Crippen LogP contribution in [0.1, 0.15) is 12.0 Å². The Morgan fingerprint density at radius 2 is 2.04 bits per heavy atom. The Bertz CT molecular complexity index is 709. The maximum absolute atomic E-state index is 12.1. The number of anilines is 1. The Morgan fingerprint density at radius 3 is 2.75 bits per heavy atom. The summed E-state index contributed by atoms with van der Waals surface area (Å²) in [4.78, 5) is 14.2. The predicted molar refractivity (Wildman–Crippen MR) is 102 cm³/mol. The van der Waals surface area contributed by atoms with Gasteiger partial charge in [-0.2, -0.15) is 0 Å². The first-order valence-electron chi connectivity index (χ1n) is 7.55. The number of carbonyl (C=O) groups is 1. The van der Waals surface area contributed by atoms with Crippen molar-refractivity contribution in [2.24, 2.45) is 0 Å². The number of amides is 1.